The van der Waals surface area contributed by atoms with E-state index in [4.69, 9.17) is 0 Å². The molecule has 4 amide bonds. The third-order valence-electron chi connectivity index (χ3n) is 10.2. The lowest BCUT2D eigenvalue weighted by molar-refractivity contribution is -0.138. The number of halogens is 1. The van der Waals surface area contributed by atoms with Gasteiger partial charge in [0.05, 0.1) is 43.0 Å². The van der Waals surface area contributed by atoms with E-state index in [2.05, 4.69) is 30.0 Å². The van der Waals surface area contributed by atoms with Crippen LogP contribution in [-0.4, -0.2) is 103 Å². The number of rotatable bonds is 10. The minimum absolute atomic E-state index is 0.195. The molecular formula is C38H45FN8O6. The third kappa shape index (κ3) is 7.59. The quantitative estimate of drug-likeness (QED) is 0.154. The molecule has 0 aliphatic carbocycles. The molecule has 0 radical (unpaired) electrons. The summed E-state index contributed by atoms with van der Waals surface area (Å²) >= 11 is 0. The van der Waals surface area contributed by atoms with Gasteiger partial charge in [0.25, 0.3) is 0 Å². The molecule has 6 rings (SSSR count). The molecule has 2 aliphatic rings. The summed E-state index contributed by atoms with van der Waals surface area (Å²) < 4.78 is 20.2. The maximum absolute atomic E-state index is 15.6. The van der Waals surface area contributed by atoms with E-state index in [9.17, 15) is 24.3 Å². The summed E-state index contributed by atoms with van der Waals surface area (Å²) in [7, 11) is 2.67. The Morgan fingerprint density at radius 1 is 0.868 bits per heavy atom. The van der Waals surface area contributed by atoms with E-state index in [1.54, 1.807) is 35.2 Å². The summed E-state index contributed by atoms with van der Waals surface area (Å²) in [6, 6.07) is 10.5. The summed E-state index contributed by atoms with van der Waals surface area (Å²) in [4.78, 5) is 70.1. The van der Waals surface area contributed by atoms with Crippen molar-refractivity contribution < 1.29 is 33.4 Å². The van der Waals surface area contributed by atoms with Crippen molar-refractivity contribution in [2.45, 2.75) is 70.6 Å². The molecule has 280 valence electrons. The van der Waals surface area contributed by atoms with Gasteiger partial charge in [0.15, 0.2) is 0 Å². The van der Waals surface area contributed by atoms with Gasteiger partial charge < -0.3 is 34.9 Å². The zero-order valence-electron chi connectivity index (χ0n) is 30.4. The molecule has 4 atom stereocenters. The van der Waals surface area contributed by atoms with E-state index < -0.39 is 30.1 Å². The van der Waals surface area contributed by atoms with Crippen LogP contribution in [0, 0.1) is 11.7 Å². The number of carbonyl (C=O) groups is 4. The minimum Gasteiger partial charge on any atom is -0.465 e. The van der Waals surface area contributed by atoms with Gasteiger partial charge in [-0.1, -0.05) is 44.2 Å². The van der Waals surface area contributed by atoms with Crippen LogP contribution in [0.1, 0.15) is 70.2 Å². The minimum atomic E-state index is -1.15. The summed E-state index contributed by atoms with van der Waals surface area (Å²) in [6.07, 6.45) is 4.42. The second-order valence-electron chi connectivity index (χ2n) is 14.0. The number of aromatic nitrogens is 4. The number of carboxylic acid groups (broad SMARTS) is 1. The molecule has 0 saturated carbocycles. The average Bonchev–Trinajstić information content (AvgIpc) is 3.97. The molecule has 53 heavy (non-hydrogen) atoms. The number of hydrogen-bond acceptors (Lipinski definition) is 7. The number of likely N-dealkylation sites (tertiary alicyclic amines) is 2. The number of hydrogen-bond donors (Lipinski definition) is 4. The molecule has 0 bridgehead atoms. The molecule has 0 spiro atoms. The Hall–Kier alpha value is -5.73. The van der Waals surface area contributed by atoms with Gasteiger partial charge in [-0.2, -0.15) is 0 Å². The topological polar surface area (TPSA) is 177 Å². The van der Waals surface area contributed by atoms with Crippen molar-refractivity contribution in [3.8, 4) is 33.6 Å². The summed E-state index contributed by atoms with van der Waals surface area (Å²) in [5.74, 6) is 0.0937. The first-order valence-electron chi connectivity index (χ1n) is 17.8. The predicted octanol–water partition coefficient (Wildman–Crippen LogP) is 5.98. The predicted molar refractivity (Wildman–Crippen MR) is 194 cm³/mol. The number of alkyl carbamates (subject to hydrolysis) is 1. The zero-order chi connectivity index (χ0) is 38.0. The Kier molecular flexibility index (Phi) is 10.8. The highest BCUT2D eigenvalue weighted by molar-refractivity contribution is 5.86. The summed E-state index contributed by atoms with van der Waals surface area (Å²) in [5, 5.41) is 12.1. The number of likely N-dealkylation sites (N-methyl/N-ethyl adjacent to an activating group) is 1. The van der Waals surface area contributed by atoms with Crippen LogP contribution in [0.5, 0.6) is 0 Å². The Morgan fingerprint density at radius 3 is 1.98 bits per heavy atom. The fraction of sp³-hybridized carbons (Fsp3) is 0.421. The molecular weight excluding hydrogens is 683 g/mol. The standard InChI is InChI=1S/C38H45FN8O6/c1-21(2)32(45(4)38(51)52)36(49)47-17-7-9-31(47)33-40-19-28(43-33)24-12-10-23(11-13-24)25-14-15-26(27(39)18-25)29-20-41-34(44-29)30-8-6-16-46(30)35(48)22(3)42-37(50)53-5/h10-15,18-22,30-32H,6-9,16-17H2,1-5H3,(H,40,43)(H,41,44)(H,42,50)(H,51,52)/t22-,30?,31-,32-/m0/s1. The highest BCUT2D eigenvalue weighted by Gasteiger charge is 2.40. The number of imidazole rings is 2. The van der Waals surface area contributed by atoms with Crippen molar-refractivity contribution in [1.29, 1.82) is 0 Å². The molecule has 4 N–H and O–H groups in total. The first-order valence-corrected chi connectivity index (χ1v) is 17.8. The van der Waals surface area contributed by atoms with Gasteiger partial charge in [0, 0.05) is 25.7 Å². The van der Waals surface area contributed by atoms with Crippen LogP contribution in [0.2, 0.25) is 0 Å². The maximum Gasteiger partial charge on any atom is 0.407 e. The van der Waals surface area contributed by atoms with Crippen molar-refractivity contribution in [1.82, 2.24) is 40.0 Å². The molecule has 2 aliphatic heterocycles. The number of benzene rings is 2. The molecule has 2 saturated heterocycles. The molecule has 4 heterocycles. The van der Waals surface area contributed by atoms with E-state index in [-0.39, 0.29) is 29.8 Å². The van der Waals surface area contributed by atoms with E-state index in [0.29, 0.717) is 48.0 Å². The Balaban J connectivity index is 1.13. The van der Waals surface area contributed by atoms with E-state index in [1.807, 2.05) is 44.2 Å². The number of amides is 4. The number of methoxy groups -OCH3 is 1. The van der Waals surface area contributed by atoms with Crippen LogP contribution in [0.3, 0.4) is 0 Å². The number of nitrogens with zero attached hydrogens (tertiary/aromatic N) is 5. The van der Waals surface area contributed by atoms with Gasteiger partial charge in [-0.3, -0.25) is 14.5 Å². The van der Waals surface area contributed by atoms with Crippen LogP contribution in [-0.2, 0) is 14.3 Å². The second-order valence-corrected chi connectivity index (χ2v) is 14.0. The fourth-order valence-electron chi connectivity index (χ4n) is 7.41. The molecule has 1 unspecified atom stereocenters. The van der Waals surface area contributed by atoms with Crippen LogP contribution < -0.4 is 5.32 Å². The molecule has 2 fully saturated rings. The Labute approximate surface area is 306 Å². The largest absolute Gasteiger partial charge is 0.465 e. The van der Waals surface area contributed by atoms with E-state index in [0.717, 1.165) is 41.0 Å². The number of ether oxygens (including phenoxy) is 1. The molecule has 2 aromatic heterocycles. The Bertz CT molecular complexity index is 1980. The highest BCUT2D eigenvalue weighted by Crippen LogP contribution is 2.35. The lowest BCUT2D eigenvalue weighted by atomic mass is 10.0. The lowest BCUT2D eigenvalue weighted by Gasteiger charge is -2.33. The smallest absolute Gasteiger partial charge is 0.407 e. The van der Waals surface area contributed by atoms with Gasteiger partial charge in [-0.25, -0.2) is 23.9 Å². The van der Waals surface area contributed by atoms with Crippen molar-refractivity contribution in [2.24, 2.45) is 5.92 Å². The van der Waals surface area contributed by atoms with Crippen LogP contribution >= 0.6 is 0 Å². The first kappa shape index (κ1) is 37.0. The summed E-state index contributed by atoms with van der Waals surface area (Å²) in [5.41, 5.74) is 3.97. The van der Waals surface area contributed by atoms with E-state index in [1.165, 1.54) is 20.2 Å². The van der Waals surface area contributed by atoms with Gasteiger partial charge in [-0.15, -0.1) is 0 Å². The number of nitrogens with one attached hydrogen (secondary N) is 3. The number of carbonyl (C=O) groups excluding carboxylic acids is 3. The molecule has 15 heteroatoms. The van der Waals surface area contributed by atoms with Gasteiger partial charge in [-0.05, 0) is 67.3 Å². The zero-order valence-corrected chi connectivity index (χ0v) is 30.4. The number of H-pyrrole nitrogens is 2. The van der Waals surface area contributed by atoms with Crippen molar-refractivity contribution in [3.05, 3.63) is 72.3 Å². The number of aromatic amines is 2. The van der Waals surface area contributed by atoms with Gasteiger partial charge >= 0.3 is 12.2 Å². The van der Waals surface area contributed by atoms with Gasteiger partial charge in [0.2, 0.25) is 11.8 Å². The highest BCUT2D eigenvalue weighted by atomic mass is 19.1. The molecule has 4 aromatic rings. The second kappa shape index (κ2) is 15.5. The maximum atomic E-state index is 15.6. The van der Waals surface area contributed by atoms with Crippen molar-refractivity contribution >= 4 is 24.0 Å². The Morgan fingerprint density at radius 2 is 1.42 bits per heavy atom. The lowest BCUT2D eigenvalue weighted by Crippen LogP contribution is -2.51. The first-order chi connectivity index (χ1) is 25.4. The van der Waals surface area contributed by atoms with Crippen LogP contribution in [0.25, 0.3) is 33.6 Å². The molecule has 14 nitrogen and oxygen atoms in total. The normalized spacial score (nSPS) is 18.2. The van der Waals surface area contributed by atoms with Crippen LogP contribution in [0.15, 0.2) is 54.9 Å². The van der Waals surface area contributed by atoms with Gasteiger partial charge in [0.1, 0.15) is 29.5 Å². The monoisotopic (exact) mass is 728 g/mol. The summed E-state index contributed by atoms with van der Waals surface area (Å²) in [6.45, 7) is 6.33. The molecule has 2 aromatic carbocycles. The fourth-order valence-corrected chi connectivity index (χ4v) is 7.41. The SMILES string of the molecule is COC(=O)N[C@@H](C)C(=O)N1CCCC1c1ncc(-c2ccc(-c3ccc(-c4cnc([C@@H]5CCCN5C(=O)[C@H](C(C)C)N(C)C(=O)O)[nH]4)cc3)cc2F)[nH]1. The average molecular weight is 729 g/mol. The van der Waals surface area contributed by atoms with Crippen molar-refractivity contribution in [2.75, 3.05) is 27.2 Å². The van der Waals surface area contributed by atoms with E-state index >= 15 is 4.39 Å². The van der Waals surface area contributed by atoms with Crippen molar-refractivity contribution in [3.63, 3.8) is 0 Å². The van der Waals surface area contributed by atoms with Crippen LogP contribution in [0.4, 0.5) is 14.0 Å². The third-order valence-corrected chi connectivity index (χ3v) is 10.2.